The highest BCUT2D eigenvalue weighted by atomic mass is 35.5. The number of piperidine rings is 1. The average molecular weight is 313 g/mol. The molecule has 0 unspecified atom stereocenters. The normalized spacial score (nSPS) is 19.1. The lowest BCUT2D eigenvalue weighted by Gasteiger charge is -2.30. The van der Waals surface area contributed by atoms with E-state index in [1.807, 2.05) is 12.3 Å². The Morgan fingerprint density at radius 2 is 2.25 bits per heavy atom. The summed E-state index contributed by atoms with van der Waals surface area (Å²) in [6.07, 6.45) is 3.10. The number of hydrogen-bond donors (Lipinski definition) is 1. The zero-order chi connectivity index (χ0) is 14.7. The lowest BCUT2D eigenvalue weighted by Crippen LogP contribution is -2.48. The number of hydrogen-bond acceptors (Lipinski definition) is 3. The molecule has 2 amide bonds. The minimum atomic E-state index is -0.182. The summed E-state index contributed by atoms with van der Waals surface area (Å²) in [6.45, 7) is 0.546. The van der Waals surface area contributed by atoms with Crippen LogP contribution < -0.4 is 5.32 Å². The molecule has 4 nitrogen and oxygen atoms in total. The first-order valence-electron chi connectivity index (χ1n) is 6.39. The van der Waals surface area contributed by atoms with Gasteiger partial charge in [0.25, 0.3) is 5.91 Å². The molecule has 1 aliphatic rings. The fraction of sp³-hybridized carbons (Fsp3) is 0.429. The van der Waals surface area contributed by atoms with Crippen LogP contribution in [0.25, 0.3) is 0 Å². The predicted octanol–water partition coefficient (Wildman–Crippen LogP) is 2.41. The molecule has 0 saturated carbocycles. The molecule has 1 aromatic rings. The van der Waals surface area contributed by atoms with Crippen LogP contribution in [0, 0.1) is 0 Å². The van der Waals surface area contributed by atoms with Gasteiger partial charge in [-0.05, 0) is 30.9 Å². The molecule has 6 heteroatoms. The van der Waals surface area contributed by atoms with E-state index in [1.165, 1.54) is 0 Å². The number of nitrogens with one attached hydrogen (secondary N) is 1. The van der Waals surface area contributed by atoms with Gasteiger partial charge < -0.3 is 10.2 Å². The second kappa shape index (κ2) is 6.50. The highest BCUT2D eigenvalue weighted by molar-refractivity contribution is 7.98. The maximum absolute atomic E-state index is 12.3. The first-order valence-corrected chi connectivity index (χ1v) is 8.00. The number of rotatable bonds is 3. The molecular formula is C14H17ClN2O2S. The number of halogens is 1. The van der Waals surface area contributed by atoms with Crippen molar-refractivity contribution in [2.45, 2.75) is 23.8 Å². The monoisotopic (exact) mass is 312 g/mol. The largest absolute Gasteiger partial charge is 0.347 e. The summed E-state index contributed by atoms with van der Waals surface area (Å²) in [6, 6.07) is 5.40. The van der Waals surface area contributed by atoms with Gasteiger partial charge in [0.1, 0.15) is 0 Å². The topological polar surface area (TPSA) is 49.4 Å². The molecule has 0 spiro atoms. The van der Waals surface area contributed by atoms with Crippen LogP contribution in [0.1, 0.15) is 23.2 Å². The maximum Gasteiger partial charge on any atom is 0.253 e. The number of amides is 2. The Labute approximate surface area is 127 Å². The number of nitrogens with zero attached hydrogens (tertiary/aromatic N) is 1. The number of carbonyl (C=O) groups excluding carboxylic acids is 2. The van der Waals surface area contributed by atoms with Crippen molar-refractivity contribution in [1.29, 1.82) is 0 Å². The third kappa shape index (κ3) is 3.46. The van der Waals surface area contributed by atoms with Gasteiger partial charge in [-0.2, -0.15) is 0 Å². The number of thioether (sulfide) groups is 1. The van der Waals surface area contributed by atoms with Crippen molar-refractivity contribution in [3.8, 4) is 0 Å². The molecule has 108 valence electrons. The summed E-state index contributed by atoms with van der Waals surface area (Å²) in [5.41, 5.74) is 0.484. The van der Waals surface area contributed by atoms with Crippen LogP contribution in [0.4, 0.5) is 0 Å². The molecule has 1 aliphatic heterocycles. The van der Waals surface area contributed by atoms with Gasteiger partial charge in [0.15, 0.2) is 0 Å². The summed E-state index contributed by atoms with van der Waals surface area (Å²) >= 11 is 7.65. The van der Waals surface area contributed by atoms with Gasteiger partial charge >= 0.3 is 0 Å². The van der Waals surface area contributed by atoms with E-state index in [0.717, 1.165) is 4.90 Å². The Hall–Kier alpha value is -1.20. The second-order valence-electron chi connectivity index (χ2n) is 4.83. The number of carbonyl (C=O) groups is 2. The number of benzene rings is 1. The second-order valence-corrected chi connectivity index (χ2v) is 6.12. The molecule has 1 N–H and O–H groups in total. The minimum Gasteiger partial charge on any atom is -0.347 e. The average Bonchev–Trinajstić information content (AvgIpc) is 2.43. The Balaban J connectivity index is 2.07. The van der Waals surface area contributed by atoms with Gasteiger partial charge in [-0.1, -0.05) is 11.6 Å². The molecular weight excluding hydrogens is 296 g/mol. The zero-order valence-corrected chi connectivity index (χ0v) is 13.1. The van der Waals surface area contributed by atoms with Crippen molar-refractivity contribution >= 4 is 35.2 Å². The van der Waals surface area contributed by atoms with Gasteiger partial charge in [0.05, 0.1) is 10.6 Å². The highest BCUT2D eigenvalue weighted by Gasteiger charge is 2.25. The minimum absolute atomic E-state index is 0.0146. The molecule has 0 bridgehead atoms. The van der Waals surface area contributed by atoms with Crippen LogP contribution in [0.2, 0.25) is 5.02 Å². The molecule has 1 saturated heterocycles. The summed E-state index contributed by atoms with van der Waals surface area (Å²) in [5.74, 6) is -0.0587. The lowest BCUT2D eigenvalue weighted by atomic mass is 10.1. The van der Waals surface area contributed by atoms with Crippen LogP contribution >= 0.6 is 23.4 Å². The Morgan fingerprint density at radius 1 is 1.50 bits per heavy atom. The predicted molar refractivity (Wildman–Crippen MR) is 81.4 cm³/mol. The van der Waals surface area contributed by atoms with Gasteiger partial charge in [0, 0.05) is 31.0 Å². The SMILES string of the molecule is CSc1ccc(Cl)c(C(=O)N[C@H]2CCC(=O)N(C)C2)c1. The van der Waals surface area contributed by atoms with Crippen molar-refractivity contribution in [1.82, 2.24) is 10.2 Å². The smallest absolute Gasteiger partial charge is 0.253 e. The van der Waals surface area contributed by atoms with E-state index < -0.39 is 0 Å². The van der Waals surface area contributed by atoms with Gasteiger partial charge in [-0.25, -0.2) is 0 Å². The molecule has 1 heterocycles. The molecule has 0 radical (unpaired) electrons. The molecule has 20 heavy (non-hydrogen) atoms. The van der Waals surface area contributed by atoms with Crippen molar-refractivity contribution in [3.05, 3.63) is 28.8 Å². The molecule has 2 rings (SSSR count). The van der Waals surface area contributed by atoms with Gasteiger partial charge in [-0.15, -0.1) is 11.8 Å². The quantitative estimate of drug-likeness (QED) is 0.872. The summed E-state index contributed by atoms with van der Waals surface area (Å²) < 4.78 is 0. The Bertz CT molecular complexity index is 536. The van der Waals surface area contributed by atoms with Crippen LogP contribution in [0.15, 0.2) is 23.1 Å². The highest BCUT2D eigenvalue weighted by Crippen LogP contribution is 2.23. The molecule has 1 aromatic carbocycles. The van der Waals surface area contributed by atoms with E-state index in [9.17, 15) is 9.59 Å². The molecule has 0 aromatic heterocycles. The number of likely N-dealkylation sites (tertiary alicyclic amines) is 1. The zero-order valence-electron chi connectivity index (χ0n) is 11.5. The first kappa shape index (κ1) is 15.2. The third-order valence-electron chi connectivity index (χ3n) is 3.38. The van der Waals surface area contributed by atoms with Gasteiger partial charge in [0.2, 0.25) is 5.91 Å². The van der Waals surface area contributed by atoms with Crippen molar-refractivity contribution in [2.24, 2.45) is 0 Å². The third-order valence-corrected chi connectivity index (χ3v) is 4.43. The van der Waals surface area contributed by atoms with E-state index in [-0.39, 0.29) is 17.9 Å². The van der Waals surface area contributed by atoms with E-state index in [2.05, 4.69) is 5.32 Å². The lowest BCUT2D eigenvalue weighted by molar-refractivity contribution is -0.132. The van der Waals surface area contributed by atoms with E-state index in [1.54, 1.807) is 35.8 Å². The Kier molecular flexibility index (Phi) is 4.94. The van der Waals surface area contributed by atoms with Crippen molar-refractivity contribution in [2.75, 3.05) is 19.8 Å². The summed E-state index contributed by atoms with van der Waals surface area (Å²) in [4.78, 5) is 26.3. The fourth-order valence-corrected chi connectivity index (χ4v) is 2.84. The summed E-state index contributed by atoms with van der Waals surface area (Å²) in [7, 11) is 1.75. The fourth-order valence-electron chi connectivity index (χ4n) is 2.20. The van der Waals surface area contributed by atoms with Crippen LogP contribution in [0.3, 0.4) is 0 Å². The Morgan fingerprint density at radius 3 is 2.90 bits per heavy atom. The van der Waals surface area contributed by atoms with Crippen LogP contribution in [-0.4, -0.2) is 42.6 Å². The first-order chi connectivity index (χ1) is 9.51. The van der Waals surface area contributed by atoms with E-state index in [0.29, 0.717) is 30.0 Å². The molecule has 1 atom stereocenters. The molecule has 0 aliphatic carbocycles. The van der Waals surface area contributed by atoms with Crippen LogP contribution in [-0.2, 0) is 4.79 Å². The van der Waals surface area contributed by atoms with Crippen LogP contribution in [0.5, 0.6) is 0 Å². The standard InChI is InChI=1S/C14H17ClN2O2S/c1-17-8-9(3-6-13(17)18)16-14(19)11-7-10(20-2)4-5-12(11)15/h4-5,7,9H,3,6,8H2,1-2H3,(H,16,19)/t9-/m0/s1. The molecule has 1 fully saturated rings. The van der Waals surface area contributed by atoms with Crippen molar-refractivity contribution in [3.63, 3.8) is 0 Å². The maximum atomic E-state index is 12.3. The van der Waals surface area contributed by atoms with E-state index >= 15 is 0 Å². The van der Waals surface area contributed by atoms with E-state index in [4.69, 9.17) is 11.6 Å². The van der Waals surface area contributed by atoms with Crippen molar-refractivity contribution < 1.29 is 9.59 Å². The summed E-state index contributed by atoms with van der Waals surface area (Å²) in [5, 5.41) is 3.40. The number of likely N-dealkylation sites (N-methyl/N-ethyl adjacent to an activating group) is 1. The van der Waals surface area contributed by atoms with Gasteiger partial charge in [-0.3, -0.25) is 9.59 Å².